The lowest BCUT2D eigenvalue weighted by atomic mass is 10.1. The van der Waals surface area contributed by atoms with Gasteiger partial charge >= 0.3 is 6.03 Å². The van der Waals surface area contributed by atoms with Gasteiger partial charge in [-0.1, -0.05) is 25.1 Å². The monoisotopic (exact) mass is 280 g/mol. The maximum atomic E-state index is 13.6. The van der Waals surface area contributed by atoms with E-state index in [1.165, 1.54) is 6.07 Å². The normalized spacial score (nSPS) is 22.1. The minimum Gasteiger partial charge on any atom is -0.396 e. The van der Waals surface area contributed by atoms with Gasteiger partial charge < -0.3 is 15.7 Å². The molecule has 4 nitrogen and oxygen atoms in total. The maximum absolute atomic E-state index is 13.6. The Kier molecular flexibility index (Phi) is 4.95. The molecule has 5 heteroatoms. The molecule has 3 atom stereocenters. The van der Waals surface area contributed by atoms with Gasteiger partial charge in [0.1, 0.15) is 5.82 Å². The smallest absolute Gasteiger partial charge is 0.315 e. The zero-order valence-corrected chi connectivity index (χ0v) is 11.6. The summed E-state index contributed by atoms with van der Waals surface area (Å²) in [4.78, 5) is 11.7. The molecular weight excluding hydrogens is 259 g/mol. The molecule has 1 fully saturated rings. The molecule has 0 heterocycles. The van der Waals surface area contributed by atoms with Gasteiger partial charge in [0.05, 0.1) is 0 Å². The Morgan fingerprint density at radius 3 is 2.95 bits per heavy atom. The van der Waals surface area contributed by atoms with Crippen LogP contribution >= 0.6 is 0 Å². The highest BCUT2D eigenvalue weighted by atomic mass is 19.1. The number of urea groups is 1. The first-order valence-electron chi connectivity index (χ1n) is 7.01. The maximum Gasteiger partial charge on any atom is 0.315 e. The Hall–Kier alpha value is -1.62. The molecule has 0 spiro atoms. The van der Waals surface area contributed by atoms with E-state index in [1.54, 1.807) is 12.1 Å². The van der Waals surface area contributed by atoms with Crippen molar-refractivity contribution in [3.63, 3.8) is 0 Å². The van der Waals surface area contributed by atoms with Gasteiger partial charge in [-0.05, 0) is 30.4 Å². The fraction of sp³-hybridized carbons (Fsp3) is 0.533. The molecule has 1 aromatic rings. The second kappa shape index (κ2) is 6.70. The summed E-state index contributed by atoms with van der Waals surface area (Å²) in [5.74, 6) is 0.114. The summed E-state index contributed by atoms with van der Waals surface area (Å²) < 4.78 is 13.6. The van der Waals surface area contributed by atoms with E-state index in [1.807, 2.05) is 13.0 Å². The van der Waals surface area contributed by atoms with Crippen molar-refractivity contribution in [2.45, 2.75) is 31.7 Å². The number of rotatable bonds is 6. The summed E-state index contributed by atoms with van der Waals surface area (Å²) in [6.45, 7) is 2.63. The predicted molar refractivity (Wildman–Crippen MR) is 74.9 cm³/mol. The highest BCUT2D eigenvalue weighted by Crippen LogP contribution is 2.41. The first-order chi connectivity index (χ1) is 9.61. The number of halogens is 1. The Bertz CT molecular complexity index is 467. The average Bonchev–Trinajstić information content (AvgIpc) is 3.16. The first-order valence-corrected chi connectivity index (χ1v) is 7.01. The lowest BCUT2D eigenvalue weighted by Crippen LogP contribution is -2.39. The quantitative estimate of drug-likeness (QED) is 0.746. The van der Waals surface area contributed by atoms with Crippen LogP contribution in [0.15, 0.2) is 24.3 Å². The molecule has 110 valence electrons. The van der Waals surface area contributed by atoms with Crippen LogP contribution in [-0.2, 0) is 0 Å². The fourth-order valence-corrected chi connectivity index (χ4v) is 2.28. The number of amides is 2. The molecule has 2 rings (SSSR count). The van der Waals surface area contributed by atoms with E-state index in [0.29, 0.717) is 18.5 Å². The van der Waals surface area contributed by atoms with Crippen molar-refractivity contribution in [3.8, 4) is 0 Å². The number of hydrogen-bond acceptors (Lipinski definition) is 2. The number of nitrogens with one attached hydrogen (secondary N) is 2. The topological polar surface area (TPSA) is 61.4 Å². The lowest BCUT2D eigenvalue weighted by molar-refractivity contribution is 0.233. The van der Waals surface area contributed by atoms with Crippen molar-refractivity contribution in [1.82, 2.24) is 10.6 Å². The highest BCUT2D eigenvalue weighted by molar-refractivity contribution is 5.74. The van der Waals surface area contributed by atoms with E-state index in [4.69, 9.17) is 5.11 Å². The summed E-state index contributed by atoms with van der Waals surface area (Å²) in [7, 11) is 0. The van der Waals surface area contributed by atoms with Crippen molar-refractivity contribution < 1.29 is 14.3 Å². The predicted octanol–water partition coefficient (Wildman–Crippen LogP) is 2.00. The Morgan fingerprint density at radius 1 is 1.50 bits per heavy atom. The van der Waals surface area contributed by atoms with Crippen LogP contribution in [0.1, 0.15) is 31.2 Å². The Morgan fingerprint density at radius 2 is 2.25 bits per heavy atom. The summed E-state index contributed by atoms with van der Waals surface area (Å²) in [5, 5.41) is 14.4. The number of hydrogen-bond donors (Lipinski definition) is 3. The van der Waals surface area contributed by atoms with Crippen LogP contribution in [-0.4, -0.2) is 30.3 Å². The van der Waals surface area contributed by atoms with Gasteiger partial charge in [-0.2, -0.15) is 0 Å². The fourth-order valence-electron chi connectivity index (χ4n) is 2.28. The molecule has 1 aliphatic carbocycles. The largest absolute Gasteiger partial charge is 0.396 e. The van der Waals surface area contributed by atoms with Crippen molar-refractivity contribution in [3.05, 3.63) is 35.6 Å². The van der Waals surface area contributed by atoms with E-state index in [0.717, 1.165) is 6.42 Å². The SMILES string of the molecule is CC(CCO)CNC(=O)NC1CC1c1ccccc1F. The summed E-state index contributed by atoms with van der Waals surface area (Å²) in [6.07, 6.45) is 1.45. The standard InChI is InChI=1S/C15H21FN2O2/c1-10(6-7-19)9-17-15(20)18-14-8-12(14)11-4-2-3-5-13(11)16/h2-5,10,12,14,19H,6-9H2,1H3,(H2,17,18,20). The molecule has 1 aliphatic rings. The zero-order valence-electron chi connectivity index (χ0n) is 11.6. The molecule has 1 aromatic carbocycles. The minimum atomic E-state index is -0.223. The summed E-state index contributed by atoms with van der Waals surface area (Å²) >= 11 is 0. The van der Waals surface area contributed by atoms with E-state index >= 15 is 0 Å². The second-order valence-electron chi connectivity index (χ2n) is 5.44. The first kappa shape index (κ1) is 14.8. The van der Waals surface area contributed by atoms with Gasteiger partial charge in [0, 0.05) is 25.1 Å². The number of aliphatic hydroxyl groups is 1. The number of benzene rings is 1. The van der Waals surface area contributed by atoms with Gasteiger partial charge in [0.25, 0.3) is 0 Å². The molecule has 0 aromatic heterocycles. The molecule has 2 amide bonds. The number of aliphatic hydroxyl groups excluding tert-OH is 1. The van der Waals surface area contributed by atoms with E-state index in [-0.39, 0.29) is 36.3 Å². The van der Waals surface area contributed by atoms with E-state index < -0.39 is 0 Å². The summed E-state index contributed by atoms with van der Waals surface area (Å²) in [6, 6.07) is 6.48. The van der Waals surface area contributed by atoms with Crippen molar-refractivity contribution in [2.24, 2.45) is 5.92 Å². The molecule has 0 aliphatic heterocycles. The van der Waals surface area contributed by atoms with Gasteiger partial charge in [-0.3, -0.25) is 0 Å². The summed E-state index contributed by atoms with van der Waals surface area (Å²) in [5.41, 5.74) is 0.673. The molecule has 20 heavy (non-hydrogen) atoms. The van der Waals surface area contributed by atoms with E-state index in [9.17, 15) is 9.18 Å². The van der Waals surface area contributed by atoms with Crippen LogP contribution in [0, 0.1) is 11.7 Å². The third-order valence-corrected chi connectivity index (χ3v) is 3.64. The number of carbonyl (C=O) groups excluding carboxylic acids is 1. The van der Waals surface area contributed by atoms with Crippen molar-refractivity contribution in [2.75, 3.05) is 13.2 Å². The van der Waals surface area contributed by atoms with Crippen LogP contribution in [0.3, 0.4) is 0 Å². The highest BCUT2D eigenvalue weighted by Gasteiger charge is 2.40. The zero-order chi connectivity index (χ0) is 14.5. The molecule has 0 bridgehead atoms. The van der Waals surface area contributed by atoms with Crippen molar-refractivity contribution in [1.29, 1.82) is 0 Å². The van der Waals surface area contributed by atoms with Crippen LogP contribution < -0.4 is 10.6 Å². The third kappa shape index (κ3) is 3.93. The molecule has 0 radical (unpaired) electrons. The molecule has 0 saturated heterocycles. The van der Waals surface area contributed by atoms with Crippen molar-refractivity contribution >= 4 is 6.03 Å². The van der Waals surface area contributed by atoms with Crippen LogP contribution in [0.5, 0.6) is 0 Å². The molecule has 1 saturated carbocycles. The second-order valence-corrected chi connectivity index (χ2v) is 5.44. The van der Waals surface area contributed by atoms with Crippen LogP contribution in [0.2, 0.25) is 0 Å². The lowest BCUT2D eigenvalue weighted by Gasteiger charge is -2.12. The molecular formula is C15H21FN2O2. The van der Waals surface area contributed by atoms with Crippen LogP contribution in [0.4, 0.5) is 9.18 Å². The van der Waals surface area contributed by atoms with Gasteiger partial charge in [0.2, 0.25) is 0 Å². The number of carbonyl (C=O) groups is 1. The Balaban J connectivity index is 1.74. The molecule has 3 N–H and O–H groups in total. The average molecular weight is 280 g/mol. The van der Waals surface area contributed by atoms with Gasteiger partial charge in [-0.15, -0.1) is 0 Å². The van der Waals surface area contributed by atoms with Crippen LogP contribution in [0.25, 0.3) is 0 Å². The molecule has 3 unspecified atom stereocenters. The minimum absolute atomic E-state index is 0.0139. The third-order valence-electron chi connectivity index (χ3n) is 3.64. The van der Waals surface area contributed by atoms with E-state index in [2.05, 4.69) is 10.6 Å². The van der Waals surface area contributed by atoms with Gasteiger partial charge in [-0.25, -0.2) is 9.18 Å². The Labute approximate surface area is 118 Å². The van der Waals surface area contributed by atoms with Gasteiger partial charge in [0.15, 0.2) is 0 Å².